The molecule has 0 saturated carbocycles. The molecule has 1 aromatic carbocycles. The minimum Gasteiger partial charge on any atom is -1.00 e. The maximum atomic E-state index is 8.73. The summed E-state index contributed by atoms with van der Waals surface area (Å²) in [6, 6.07) is 5.44. The summed E-state index contributed by atoms with van der Waals surface area (Å²) >= 11 is 0. The Kier molecular flexibility index (Phi) is 7.08. The molecule has 0 heterocycles. The minimum atomic E-state index is 0. The van der Waals surface area contributed by atoms with Gasteiger partial charge in [-0.3, -0.25) is 0 Å². The largest absolute Gasteiger partial charge is 1.00 e. The zero-order chi connectivity index (χ0) is 12.0. The normalized spacial score (nSPS) is 9.06. The molecule has 0 bridgehead atoms. The summed E-state index contributed by atoms with van der Waals surface area (Å²) in [6.07, 6.45) is 0. The molecule has 0 radical (unpaired) electrons. The smallest absolute Gasteiger partial charge is 0.388 e. The van der Waals surface area contributed by atoms with E-state index in [9.17, 15) is 0 Å². The number of ether oxygens (including phenoxy) is 1. The van der Waals surface area contributed by atoms with Crippen LogP contribution in [0.3, 0.4) is 0 Å². The fraction of sp³-hybridized carbons (Fsp3) is 0.500. The van der Waals surface area contributed by atoms with Gasteiger partial charge in [-0.25, -0.2) is 0 Å². The van der Waals surface area contributed by atoms with Crippen LogP contribution >= 0.6 is 0 Å². The third kappa shape index (κ3) is 3.79. The van der Waals surface area contributed by atoms with E-state index < -0.39 is 0 Å². The van der Waals surface area contributed by atoms with E-state index in [-0.39, 0.29) is 12.4 Å². The molecule has 0 amide bonds. The first-order valence-corrected chi connectivity index (χ1v) is 5.63. The Morgan fingerprint density at radius 2 is 1.88 bits per heavy atom. The average molecular weight is 256 g/mol. The van der Waals surface area contributed by atoms with E-state index in [1.165, 1.54) is 0 Å². The number of benzene rings is 1. The summed E-state index contributed by atoms with van der Waals surface area (Å²) in [5.74, 6) is 0.765. The number of diazo groups is 1. The van der Waals surface area contributed by atoms with Crippen molar-refractivity contribution in [2.45, 2.75) is 20.8 Å². The molecule has 94 valence electrons. The summed E-state index contributed by atoms with van der Waals surface area (Å²) in [5.41, 5.74) is 1.55. The van der Waals surface area contributed by atoms with Gasteiger partial charge < -0.3 is 22.0 Å². The molecule has 0 N–H and O–H groups in total. The van der Waals surface area contributed by atoms with Crippen LogP contribution in [-0.4, -0.2) is 19.7 Å². The van der Waals surface area contributed by atoms with Gasteiger partial charge in [-0.05, 0) is 26.8 Å². The fourth-order valence-corrected chi connectivity index (χ4v) is 1.66. The lowest BCUT2D eigenvalue weighted by Gasteiger charge is -2.23. The van der Waals surface area contributed by atoms with Crippen LogP contribution in [0.1, 0.15) is 20.8 Å². The molecule has 4 nitrogen and oxygen atoms in total. The van der Waals surface area contributed by atoms with E-state index in [0.717, 1.165) is 24.5 Å². The van der Waals surface area contributed by atoms with E-state index in [2.05, 4.69) is 23.7 Å². The Morgan fingerprint density at radius 1 is 1.24 bits per heavy atom. The van der Waals surface area contributed by atoms with Gasteiger partial charge in [0.15, 0.2) is 10.7 Å². The van der Waals surface area contributed by atoms with Crippen molar-refractivity contribution >= 4 is 11.4 Å². The van der Waals surface area contributed by atoms with Crippen molar-refractivity contribution < 1.29 is 17.1 Å². The van der Waals surface area contributed by atoms with Crippen molar-refractivity contribution in [3.63, 3.8) is 0 Å². The highest BCUT2D eigenvalue weighted by Gasteiger charge is 2.14. The fourth-order valence-electron chi connectivity index (χ4n) is 1.66. The third-order valence-electron chi connectivity index (χ3n) is 2.46. The molecule has 0 aliphatic carbocycles. The quantitative estimate of drug-likeness (QED) is 0.716. The van der Waals surface area contributed by atoms with Gasteiger partial charge in [0.25, 0.3) is 0 Å². The SMILES string of the molecule is CCOc1cc([N+]#N)ccc1N(CC)CC.[Cl-]. The molecule has 0 saturated heterocycles. The number of halogens is 1. The van der Waals surface area contributed by atoms with Crippen molar-refractivity contribution in [1.29, 1.82) is 5.39 Å². The van der Waals surface area contributed by atoms with Crippen LogP contribution in [0.25, 0.3) is 4.98 Å². The molecule has 0 unspecified atom stereocenters. The van der Waals surface area contributed by atoms with Gasteiger partial charge >= 0.3 is 5.69 Å². The maximum Gasteiger partial charge on any atom is 0.388 e. The van der Waals surface area contributed by atoms with Crippen LogP contribution in [-0.2, 0) is 0 Å². The van der Waals surface area contributed by atoms with E-state index in [4.69, 9.17) is 10.1 Å². The highest BCUT2D eigenvalue weighted by Crippen LogP contribution is 2.32. The van der Waals surface area contributed by atoms with Gasteiger partial charge in [-0.1, -0.05) is 0 Å². The maximum absolute atomic E-state index is 8.73. The van der Waals surface area contributed by atoms with Gasteiger partial charge in [0.1, 0.15) is 0 Å². The Bertz CT molecular complexity index is 386. The highest BCUT2D eigenvalue weighted by atomic mass is 35.5. The lowest BCUT2D eigenvalue weighted by molar-refractivity contribution is -0.00000418. The monoisotopic (exact) mass is 255 g/mol. The zero-order valence-electron chi connectivity index (χ0n) is 10.5. The summed E-state index contributed by atoms with van der Waals surface area (Å²) in [7, 11) is 0. The highest BCUT2D eigenvalue weighted by molar-refractivity contribution is 5.65. The van der Waals surface area contributed by atoms with Gasteiger partial charge in [-0.2, -0.15) is 0 Å². The van der Waals surface area contributed by atoms with E-state index in [0.29, 0.717) is 12.3 Å². The van der Waals surface area contributed by atoms with Crippen molar-refractivity contribution in [2.24, 2.45) is 0 Å². The second-order valence-electron chi connectivity index (χ2n) is 3.36. The summed E-state index contributed by atoms with van der Waals surface area (Å²) in [4.78, 5) is 5.37. The molecule has 0 fully saturated rings. The molecule has 1 rings (SSSR count). The first-order valence-electron chi connectivity index (χ1n) is 5.63. The second-order valence-corrected chi connectivity index (χ2v) is 3.36. The molecule has 0 aliphatic rings. The topological polar surface area (TPSA) is 40.6 Å². The molecule has 1 aromatic rings. The lowest BCUT2D eigenvalue weighted by Crippen LogP contribution is -3.00. The number of anilines is 1. The number of nitrogens with zero attached hydrogens (tertiary/aromatic N) is 3. The van der Waals surface area contributed by atoms with Gasteiger partial charge in [0.05, 0.1) is 18.4 Å². The van der Waals surface area contributed by atoms with Crippen LogP contribution in [0.4, 0.5) is 11.4 Å². The Hall–Kier alpha value is -1.47. The van der Waals surface area contributed by atoms with Crippen LogP contribution in [0.15, 0.2) is 18.2 Å². The predicted octanol–water partition coefficient (Wildman–Crippen LogP) is 0.420. The van der Waals surface area contributed by atoms with E-state index >= 15 is 0 Å². The molecule has 0 aromatic heterocycles. The molecule has 0 aliphatic heterocycles. The van der Waals surface area contributed by atoms with Gasteiger partial charge in [0.2, 0.25) is 5.39 Å². The molecule has 17 heavy (non-hydrogen) atoms. The standard InChI is InChI=1S/C12H18N3O.ClH/c1-4-15(5-2)11-8-7-10(14-13)9-12(11)16-6-3;/h7-9H,4-6H2,1-3H3;1H/q+1;/p-1. The van der Waals surface area contributed by atoms with Crippen molar-refractivity contribution in [3.05, 3.63) is 23.2 Å². The van der Waals surface area contributed by atoms with Crippen LogP contribution in [0, 0.1) is 5.39 Å². The van der Waals surface area contributed by atoms with Crippen molar-refractivity contribution in [2.75, 3.05) is 24.6 Å². The summed E-state index contributed by atoms with van der Waals surface area (Å²) in [6.45, 7) is 8.59. The first kappa shape index (κ1) is 15.5. The van der Waals surface area contributed by atoms with Crippen LogP contribution in [0.2, 0.25) is 0 Å². The van der Waals surface area contributed by atoms with Crippen LogP contribution in [0.5, 0.6) is 5.75 Å². The minimum absolute atomic E-state index is 0. The Balaban J connectivity index is 0.00000256. The first-order chi connectivity index (χ1) is 7.76. The molecular formula is C12H18ClN3O. The molecule has 5 heteroatoms. The van der Waals surface area contributed by atoms with Crippen molar-refractivity contribution in [3.8, 4) is 5.75 Å². The van der Waals surface area contributed by atoms with Gasteiger partial charge in [-0.15, -0.1) is 0 Å². The summed E-state index contributed by atoms with van der Waals surface area (Å²) < 4.78 is 5.55. The Morgan fingerprint density at radius 3 is 2.35 bits per heavy atom. The molecule has 0 spiro atoms. The lowest BCUT2D eigenvalue weighted by atomic mass is 10.2. The third-order valence-corrected chi connectivity index (χ3v) is 2.46. The zero-order valence-corrected chi connectivity index (χ0v) is 11.2. The molecule has 0 atom stereocenters. The average Bonchev–Trinajstić information content (AvgIpc) is 2.32. The number of hydrogen-bond donors (Lipinski definition) is 0. The summed E-state index contributed by atoms with van der Waals surface area (Å²) in [5, 5.41) is 8.73. The number of rotatable bonds is 5. The molecular weight excluding hydrogens is 238 g/mol. The second kappa shape index (κ2) is 7.75. The van der Waals surface area contributed by atoms with Crippen LogP contribution < -0.4 is 22.0 Å². The van der Waals surface area contributed by atoms with Crippen molar-refractivity contribution in [1.82, 2.24) is 0 Å². The van der Waals surface area contributed by atoms with Gasteiger partial charge in [0, 0.05) is 19.2 Å². The van der Waals surface area contributed by atoms with E-state index in [1.54, 1.807) is 12.1 Å². The van der Waals surface area contributed by atoms with E-state index in [1.807, 2.05) is 13.0 Å². The predicted molar refractivity (Wildman–Crippen MR) is 65.9 cm³/mol. The Labute approximate surface area is 109 Å². The number of hydrogen-bond acceptors (Lipinski definition) is 3.